The molecule has 0 bridgehead atoms. The van der Waals surface area contributed by atoms with Crippen LogP contribution in [-0.2, 0) is 7.05 Å². The first-order valence-electron chi connectivity index (χ1n) is 5.16. The molecule has 1 saturated carbocycles. The predicted octanol–water partition coefficient (Wildman–Crippen LogP) is 0.0313. The molecule has 82 valence electrons. The van der Waals surface area contributed by atoms with E-state index in [4.69, 9.17) is 5.73 Å². The predicted molar refractivity (Wildman–Crippen MR) is 56.3 cm³/mol. The minimum absolute atomic E-state index is 0.0832. The van der Waals surface area contributed by atoms with E-state index in [1.807, 2.05) is 0 Å². The Kier molecular flexibility index (Phi) is 2.48. The molecule has 0 saturated heterocycles. The van der Waals surface area contributed by atoms with E-state index in [2.05, 4.69) is 10.3 Å². The summed E-state index contributed by atoms with van der Waals surface area (Å²) in [5.74, 6) is -0.0832. The normalized spacial score (nSPS) is 18.3. The average Bonchev–Trinajstić information content (AvgIpc) is 2.58. The lowest BCUT2D eigenvalue weighted by molar-refractivity contribution is 0.0829. The van der Waals surface area contributed by atoms with Gasteiger partial charge in [-0.25, -0.2) is 4.98 Å². The van der Waals surface area contributed by atoms with Crippen molar-refractivity contribution in [1.82, 2.24) is 14.9 Å². The first kappa shape index (κ1) is 10.2. The smallest absolute Gasteiger partial charge is 0.270 e. The third kappa shape index (κ3) is 1.74. The van der Waals surface area contributed by atoms with E-state index < -0.39 is 0 Å². The van der Waals surface area contributed by atoms with E-state index in [1.165, 1.54) is 0 Å². The molecule has 5 nitrogen and oxygen atoms in total. The van der Waals surface area contributed by atoms with Crippen molar-refractivity contribution in [3.05, 3.63) is 18.2 Å². The van der Waals surface area contributed by atoms with Crippen molar-refractivity contribution in [2.75, 3.05) is 6.54 Å². The number of nitrogens with one attached hydrogen (secondary N) is 1. The molecule has 1 fully saturated rings. The Morgan fingerprint density at radius 3 is 2.87 bits per heavy atom. The quantitative estimate of drug-likeness (QED) is 0.736. The first-order chi connectivity index (χ1) is 7.17. The maximum atomic E-state index is 11.9. The molecule has 0 atom stereocenters. The van der Waals surface area contributed by atoms with Crippen molar-refractivity contribution in [3.63, 3.8) is 0 Å². The SMILES string of the molecule is Cn1cncc1C(=O)NC1(CN)CCC1. The van der Waals surface area contributed by atoms with Gasteiger partial charge in [-0.2, -0.15) is 0 Å². The molecule has 1 amide bonds. The average molecular weight is 208 g/mol. The summed E-state index contributed by atoms with van der Waals surface area (Å²) in [5.41, 5.74) is 6.08. The van der Waals surface area contributed by atoms with E-state index in [0.29, 0.717) is 12.2 Å². The van der Waals surface area contributed by atoms with Gasteiger partial charge in [0.2, 0.25) is 0 Å². The van der Waals surface area contributed by atoms with Crippen LogP contribution >= 0.6 is 0 Å². The van der Waals surface area contributed by atoms with Crippen molar-refractivity contribution in [2.24, 2.45) is 12.8 Å². The Morgan fingerprint density at radius 2 is 2.47 bits per heavy atom. The van der Waals surface area contributed by atoms with E-state index in [-0.39, 0.29) is 11.4 Å². The molecule has 1 aromatic rings. The van der Waals surface area contributed by atoms with E-state index >= 15 is 0 Å². The monoisotopic (exact) mass is 208 g/mol. The van der Waals surface area contributed by atoms with Crippen LogP contribution in [-0.4, -0.2) is 27.5 Å². The number of carbonyl (C=O) groups excluding carboxylic acids is 1. The molecule has 0 spiro atoms. The van der Waals surface area contributed by atoms with Gasteiger partial charge in [-0.1, -0.05) is 0 Å². The Balaban J connectivity index is 2.07. The highest BCUT2D eigenvalue weighted by Gasteiger charge is 2.37. The molecule has 1 heterocycles. The van der Waals surface area contributed by atoms with Gasteiger partial charge in [0.25, 0.3) is 5.91 Å². The summed E-state index contributed by atoms with van der Waals surface area (Å²) < 4.78 is 1.71. The van der Waals surface area contributed by atoms with Gasteiger partial charge >= 0.3 is 0 Å². The van der Waals surface area contributed by atoms with Crippen LogP contribution in [0.25, 0.3) is 0 Å². The second-order valence-electron chi connectivity index (χ2n) is 4.18. The maximum absolute atomic E-state index is 11.9. The van der Waals surface area contributed by atoms with Gasteiger partial charge in [0.1, 0.15) is 5.69 Å². The molecule has 0 radical (unpaired) electrons. The van der Waals surface area contributed by atoms with Crippen molar-refractivity contribution >= 4 is 5.91 Å². The molecule has 2 rings (SSSR count). The molecule has 15 heavy (non-hydrogen) atoms. The summed E-state index contributed by atoms with van der Waals surface area (Å²) >= 11 is 0. The van der Waals surface area contributed by atoms with Gasteiger partial charge in [0, 0.05) is 13.6 Å². The van der Waals surface area contributed by atoms with Crippen molar-refractivity contribution in [2.45, 2.75) is 24.8 Å². The summed E-state index contributed by atoms with van der Waals surface area (Å²) in [4.78, 5) is 15.8. The van der Waals surface area contributed by atoms with Crippen LogP contribution in [0.1, 0.15) is 29.8 Å². The number of amides is 1. The van der Waals surface area contributed by atoms with Crippen LogP contribution in [0.2, 0.25) is 0 Å². The third-order valence-corrected chi connectivity index (χ3v) is 3.13. The fourth-order valence-electron chi connectivity index (χ4n) is 1.86. The molecule has 0 aromatic carbocycles. The number of rotatable bonds is 3. The summed E-state index contributed by atoms with van der Waals surface area (Å²) in [5, 5.41) is 3.00. The highest BCUT2D eigenvalue weighted by Crippen LogP contribution is 2.30. The summed E-state index contributed by atoms with van der Waals surface area (Å²) in [6.07, 6.45) is 6.28. The number of hydrogen-bond acceptors (Lipinski definition) is 3. The zero-order valence-corrected chi connectivity index (χ0v) is 8.86. The van der Waals surface area contributed by atoms with Crippen molar-refractivity contribution in [1.29, 1.82) is 0 Å². The van der Waals surface area contributed by atoms with Crippen molar-refractivity contribution in [3.8, 4) is 0 Å². The van der Waals surface area contributed by atoms with Crippen LogP contribution in [0.3, 0.4) is 0 Å². The van der Waals surface area contributed by atoms with Crippen LogP contribution in [0.15, 0.2) is 12.5 Å². The van der Waals surface area contributed by atoms with Crippen LogP contribution in [0, 0.1) is 0 Å². The minimum atomic E-state index is -0.165. The number of imidazole rings is 1. The molecule has 1 aliphatic rings. The van der Waals surface area contributed by atoms with Gasteiger partial charge < -0.3 is 15.6 Å². The fourth-order valence-corrected chi connectivity index (χ4v) is 1.86. The van der Waals surface area contributed by atoms with Gasteiger partial charge in [-0.15, -0.1) is 0 Å². The lowest BCUT2D eigenvalue weighted by Crippen LogP contribution is -2.58. The minimum Gasteiger partial charge on any atom is -0.344 e. The summed E-state index contributed by atoms with van der Waals surface area (Å²) in [7, 11) is 1.80. The Labute approximate surface area is 88.7 Å². The first-order valence-corrected chi connectivity index (χ1v) is 5.16. The highest BCUT2D eigenvalue weighted by molar-refractivity contribution is 5.93. The zero-order chi connectivity index (χ0) is 10.9. The summed E-state index contributed by atoms with van der Waals surface area (Å²) in [6, 6.07) is 0. The zero-order valence-electron chi connectivity index (χ0n) is 8.86. The van der Waals surface area contributed by atoms with Crippen LogP contribution in [0.4, 0.5) is 0 Å². The van der Waals surface area contributed by atoms with E-state index in [1.54, 1.807) is 24.1 Å². The van der Waals surface area contributed by atoms with Crippen LogP contribution < -0.4 is 11.1 Å². The molecule has 1 aliphatic carbocycles. The molecule has 0 aliphatic heterocycles. The van der Waals surface area contributed by atoms with Crippen LogP contribution in [0.5, 0.6) is 0 Å². The Hall–Kier alpha value is -1.36. The standard InChI is InChI=1S/C10H16N4O/c1-14-7-12-5-8(14)9(15)13-10(6-11)3-2-4-10/h5,7H,2-4,6,11H2,1H3,(H,13,15). The molecule has 3 N–H and O–H groups in total. The van der Waals surface area contributed by atoms with Gasteiger partial charge in [0.15, 0.2) is 0 Å². The number of carbonyl (C=O) groups is 1. The second kappa shape index (κ2) is 3.66. The van der Waals surface area contributed by atoms with Gasteiger partial charge in [-0.05, 0) is 19.3 Å². The fraction of sp³-hybridized carbons (Fsp3) is 0.600. The number of nitrogens with zero attached hydrogens (tertiary/aromatic N) is 2. The lowest BCUT2D eigenvalue weighted by Gasteiger charge is -2.41. The highest BCUT2D eigenvalue weighted by atomic mass is 16.2. The molecular formula is C10H16N4O. The van der Waals surface area contributed by atoms with Gasteiger partial charge in [-0.3, -0.25) is 4.79 Å². The molecule has 0 unspecified atom stereocenters. The number of nitrogens with two attached hydrogens (primary N) is 1. The second-order valence-corrected chi connectivity index (χ2v) is 4.18. The maximum Gasteiger partial charge on any atom is 0.270 e. The summed E-state index contributed by atoms with van der Waals surface area (Å²) in [6.45, 7) is 0.511. The Bertz CT molecular complexity index is 362. The molecular weight excluding hydrogens is 192 g/mol. The molecule has 1 aromatic heterocycles. The largest absolute Gasteiger partial charge is 0.344 e. The number of aryl methyl sites for hydroxylation is 1. The van der Waals surface area contributed by atoms with Crippen molar-refractivity contribution < 1.29 is 4.79 Å². The van der Waals surface area contributed by atoms with E-state index in [0.717, 1.165) is 19.3 Å². The Morgan fingerprint density at radius 1 is 1.73 bits per heavy atom. The number of aromatic nitrogens is 2. The van der Waals surface area contributed by atoms with E-state index in [9.17, 15) is 4.79 Å². The number of hydrogen-bond donors (Lipinski definition) is 2. The molecule has 5 heteroatoms. The topological polar surface area (TPSA) is 72.9 Å². The lowest BCUT2D eigenvalue weighted by atomic mass is 9.77. The van der Waals surface area contributed by atoms with Gasteiger partial charge in [0.05, 0.1) is 18.1 Å². The third-order valence-electron chi connectivity index (χ3n) is 3.13.